The zero-order chi connectivity index (χ0) is 19.6. The van der Waals surface area contributed by atoms with Gasteiger partial charge in [-0.2, -0.15) is 0 Å². The largest absolute Gasteiger partial charge is 0.489 e. The van der Waals surface area contributed by atoms with Gasteiger partial charge in [-0.1, -0.05) is 18.7 Å². The normalized spacial score (nSPS) is 19.5. The van der Waals surface area contributed by atoms with Gasteiger partial charge in [-0.05, 0) is 51.0 Å². The van der Waals surface area contributed by atoms with Crippen LogP contribution < -0.4 is 10.1 Å². The molecule has 1 atom stereocenters. The molecule has 1 aliphatic heterocycles. The fourth-order valence-corrected chi connectivity index (χ4v) is 2.83. The molecule has 1 aromatic rings. The number of ketones is 2. The van der Waals surface area contributed by atoms with Crippen LogP contribution in [0.3, 0.4) is 0 Å². The lowest BCUT2D eigenvalue weighted by molar-refractivity contribution is -0.141. The van der Waals surface area contributed by atoms with E-state index in [1.165, 1.54) is 20.8 Å². The number of Topliss-reactive ketones (excluding diaryl/α,β-unsaturated/α-hetero) is 2. The Bertz CT molecular complexity index is 770. The Morgan fingerprint density at radius 2 is 1.69 bits per heavy atom. The highest BCUT2D eigenvalue weighted by molar-refractivity contribution is 6.16. The number of hydrogen-bond acceptors (Lipinski definition) is 5. The summed E-state index contributed by atoms with van der Waals surface area (Å²) in [6.45, 7) is 9.86. The van der Waals surface area contributed by atoms with Gasteiger partial charge < -0.3 is 10.1 Å². The summed E-state index contributed by atoms with van der Waals surface area (Å²) >= 11 is 0. The van der Waals surface area contributed by atoms with Crippen LogP contribution in [0, 0.1) is 0 Å². The Morgan fingerprint density at radius 3 is 2.15 bits per heavy atom. The van der Waals surface area contributed by atoms with Gasteiger partial charge in [0, 0.05) is 0 Å². The number of urea groups is 1. The van der Waals surface area contributed by atoms with Gasteiger partial charge >= 0.3 is 6.03 Å². The van der Waals surface area contributed by atoms with Crippen LogP contribution in [0.4, 0.5) is 4.79 Å². The van der Waals surface area contributed by atoms with Gasteiger partial charge in [-0.3, -0.25) is 14.4 Å². The second kappa shape index (κ2) is 7.11. The molecule has 138 valence electrons. The number of ether oxygens (including phenoxy) is 1. The molecular formula is C19H22N2O5. The molecule has 1 N–H and O–H groups in total. The Hall–Kier alpha value is -2.96. The van der Waals surface area contributed by atoms with Gasteiger partial charge in [0.2, 0.25) is 0 Å². The van der Waals surface area contributed by atoms with Crippen molar-refractivity contribution in [2.45, 2.75) is 39.3 Å². The highest BCUT2D eigenvalue weighted by Crippen LogP contribution is 2.31. The first kappa shape index (κ1) is 19.4. The van der Waals surface area contributed by atoms with Crippen LogP contribution in [0.25, 0.3) is 0 Å². The van der Waals surface area contributed by atoms with Crippen molar-refractivity contribution >= 4 is 23.5 Å². The minimum Gasteiger partial charge on any atom is -0.489 e. The van der Waals surface area contributed by atoms with Crippen LogP contribution in [0.2, 0.25) is 0 Å². The number of rotatable bonds is 7. The zero-order valence-corrected chi connectivity index (χ0v) is 15.3. The quantitative estimate of drug-likeness (QED) is 0.457. The smallest absolute Gasteiger partial charge is 0.326 e. The van der Waals surface area contributed by atoms with E-state index in [0.29, 0.717) is 22.8 Å². The fraction of sp³-hybridized carbons (Fsp3) is 0.368. The highest BCUT2D eigenvalue weighted by Gasteiger charge is 2.53. The van der Waals surface area contributed by atoms with E-state index in [9.17, 15) is 19.2 Å². The first-order valence-electron chi connectivity index (χ1n) is 8.12. The minimum atomic E-state index is -1.41. The van der Waals surface area contributed by atoms with Crippen molar-refractivity contribution in [3.8, 4) is 5.75 Å². The molecular weight excluding hydrogens is 336 g/mol. The maximum atomic E-state index is 12.9. The molecule has 2 rings (SSSR count). The summed E-state index contributed by atoms with van der Waals surface area (Å²) in [4.78, 5) is 49.4. The van der Waals surface area contributed by atoms with Crippen LogP contribution in [0.1, 0.15) is 33.3 Å². The molecule has 0 aliphatic carbocycles. The molecule has 3 amide bonds. The molecule has 0 bridgehead atoms. The molecule has 7 heteroatoms. The number of hydrogen-bond donors (Lipinski definition) is 1. The van der Waals surface area contributed by atoms with Gasteiger partial charge in [0.25, 0.3) is 5.91 Å². The van der Waals surface area contributed by atoms with Crippen molar-refractivity contribution in [3.05, 3.63) is 42.0 Å². The monoisotopic (exact) mass is 358 g/mol. The summed E-state index contributed by atoms with van der Waals surface area (Å²) < 4.78 is 5.52. The number of nitrogens with zero attached hydrogens (tertiary/aromatic N) is 1. The van der Waals surface area contributed by atoms with Crippen molar-refractivity contribution in [2.75, 3.05) is 6.61 Å². The predicted octanol–water partition coefficient (Wildman–Crippen LogP) is 1.96. The number of amides is 3. The SMILES string of the molecule is C=C(C)COc1ccc(C2(C)NC(=O)N(C(C(C)=O)C(C)=O)C2=O)cc1. The lowest BCUT2D eigenvalue weighted by Gasteiger charge is -2.24. The van der Waals surface area contributed by atoms with E-state index in [4.69, 9.17) is 4.74 Å². The first-order chi connectivity index (χ1) is 12.1. The maximum absolute atomic E-state index is 12.9. The second-order valence-corrected chi connectivity index (χ2v) is 6.62. The molecule has 0 saturated carbocycles. The van der Waals surface area contributed by atoms with Crippen LogP contribution in [-0.2, 0) is 19.9 Å². The molecule has 7 nitrogen and oxygen atoms in total. The Morgan fingerprint density at radius 1 is 1.15 bits per heavy atom. The second-order valence-electron chi connectivity index (χ2n) is 6.62. The molecule has 1 saturated heterocycles. The topological polar surface area (TPSA) is 92.8 Å². The number of carbonyl (C=O) groups is 4. The molecule has 1 aliphatic rings. The van der Waals surface area contributed by atoms with Crippen LogP contribution in [0.5, 0.6) is 5.75 Å². The maximum Gasteiger partial charge on any atom is 0.326 e. The minimum absolute atomic E-state index is 0.374. The van der Waals surface area contributed by atoms with Crippen molar-refractivity contribution in [2.24, 2.45) is 0 Å². The summed E-state index contributed by atoms with van der Waals surface area (Å²) in [7, 11) is 0. The number of imide groups is 1. The predicted molar refractivity (Wildman–Crippen MR) is 94.6 cm³/mol. The van der Waals surface area contributed by atoms with Gasteiger partial charge in [0.1, 0.15) is 17.9 Å². The Balaban J connectivity index is 2.31. The Kier molecular flexibility index (Phi) is 5.30. The van der Waals surface area contributed by atoms with E-state index in [0.717, 1.165) is 5.57 Å². The third kappa shape index (κ3) is 3.51. The van der Waals surface area contributed by atoms with E-state index in [1.807, 2.05) is 6.92 Å². The molecule has 0 aromatic heterocycles. The average Bonchev–Trinajstić information content (AvgIpc) is 2.77. The summed E-state index contributed by atoms with van der Waals surface area (Å²) in [5, 5.41) is 2.58. The molecule has 1 heterocycles. The summed E-state index contributed by atoms with van der Waals surface area (Å²) in [6, 6.07) is 4.49. The Labute approximate surface area is 152 Å². The molecule has 1 aromatic carbocycles. The van der Waals surface area contributed by atoms with Gasteiger partial charge in [-0.15, -0.1) is 0 Å². The molecule has 0 radical (unpaired) electrons. The first-order valence-corrected chi connectivity index (χ1v) is 8.12. The van der Waals surface area contributed by atoms with E-state index >= 15 is 0 Å². The van der Waals surface area contributed by atoms with Crippen molar-refractivity contribution in [1.82, 2.24) is 10.2 Å². The van der Waals surface area contributed by atoms with Gasteiger partial charge in [-0.25, -0.2) is 9.69 Å². The van der Waals surface area contributed by atoms with Crippen molar-refractivity contribution in [3.63, 3.8) is 0 Å². The third-order valence-electron chi connectivity index (χ3n) is 4.17. The molecule has 1 unspecified atom stereocenters. The number of carbonyl (C=O) groups excluding carboxylic acids is 4. The van der Waals surface area contributed by atoms with E-state index in [-0.39, 0.29) is 0 Å². The average molecular weight is 358 g/mol. The van der Waals surface area contributed by atoms with Crippen LogP contribution in [0.15, 0.2) is 36.4 Å². The van der Waals surface area contributed by atoms with E-state index in [2.05, 4.69) is 11.9 Å². The third-order valence-corrected chi connectivity index (χ3v) is 4.17. The standard InChI is InChI=1S/C19H22N2O5/c1-11(2)10-26-15-8-6-14(7-9-15)19(5)17(24)21(18(25)20-19)16(12(3)22)13(4)23/h6-9,16H,1,10H2,2-5H3,(H,20,25). The zero-order valence-electron chi connectivity index (χ0n) is 15.3. The number of nitrogens with one attached hydrogen (secondary N) is 1. The van der Waals surface area contributed by atoms with Gasteiger partial charge in [0.05, 0.1) is 0 Å². The van der Waals surface area contributed by atoms with Gasteiger partial charge in [0.15, 0.2) is 17.6 Å². The van der Waals surface area contributed by atoms with Crippen molar-refractivity contribution < 1.29 is 23.9 Å². The lowest BCUT2D eigenvalue weighted by atomic mass is 9.91. The summed E-state index contributed by atoms with van der Waals surface area (Å²) in [5.41, 5.74) is 0.0222. The lowest BCUT2D eigenvalue weighted by Crippen LogP contribution is -2.49. The van der Waals surface area contributed by atoms with Crippen LogP contribution >= 0.6 is 0 Å². The summed E-state index contributed by atoms with van der Waals surface area (Å²) in [6.07, 6.45) is 0. The molecule has 0 spiro atoms. The fourth-order valence-electron chi connectivity index (χ4n) is 2.83. The number of benzene rings is 1. The van der Waals surface area contributed by atoms with Crippen molar-refractivity contribution in [1.29, 1.82) is 0 Å². The summed E-state index contributed by atoms with van der Waals surface area (Å²) in [5.74, 6) is -1.17. The van der Waals surface area contributed by atoms with Crippen LogP contribution in [-0.4, -0.2) is 41.1 Å². The molecule has 26 heavy (non-hydrogen) atoms. The highest BCUT2D eigenvalue weighted by atomic mass is 16.5. The molecule has 1 fully saturated rings. The van der Waals surface area contributed by atoms with E-state index in [1.54, 1.807) is 24.3 Å². The van der Waals surface area contributed by atoms with E-state index < -0.39 is 35.1 Å².